The molecule has 184 valence electrons. The van der Waals surface area contributed by atoms with Crippen LogP contribution in [-0.4, -0.2) is 50.0 Å². The van der Waals surface area contributed by atoms with Gasteiger partial charge in [0.1, 0.15) is 12.6 Å². The van der Waals surface area contributed by atoms with Crippen LogP contribution in [0.25, 0.3) is 0 Å². The van der Waals surface area contributed by atoms with E-state index < -0.39 is 28.5 Å². The zero-order chi connectivity index (χ0) is 24.7. The summed E-state index contributed by atoms with van der Waals surface area (Å²) >= 11 is 3.36. The first kappa shape index (κ1) is 26.2. The maximum atomic E-state index is 13.6. The Kier molecular flexibility index (Phi) is 9.13. The van der Waals surface area contributed by atoms with Gasteiger partial charge in [0.25, 0.3) is 0 Å². The standard InChI is InChI=1S/C25H32BrN3O4S/c1-3-23(25(31)27-21-13-7-8-14-21)28(17-19-10-5-4-6-11-19)24(30)18-29(34(2,32)33)22-15-9-12-20(26)16-22/h4-6,9-12,15-16,21,23H,3,7-8,13-14,17-18H2,1-2H3,(H,27,31). The lowest BCUT2D eigenvalue weighted by atomic mass is 10.1. The molecule has 1 N–H and O–H groups in total. The van der Waals surface area contributed by atoms with Gasteiger partial charge in [0, 0.05) is 17.1 Å². The fourth-order valence-corrected chi connectivity index (χ4v) is 5.54. The number of carbonyl (C=O) groups is 2. The van der Waals surface area contributed by atoms with E-state index in [0.29, 0.717) is 16.6 Å². The average Bonchev–Trinajstić information content (AvgIpc) is 3.30. The maximum Gasteiger partial charge on any atom is 0.244 e. The van der Waals surface area contributed by atoms with Crippen molar-refractivity contribution < 1.29 is 18.0 Å². The third-order valence-electron chi connectivity index (χ3n) is 6.06. The number of nitrogens with one attached hydrogen (secondary N) is 1. The van der Waals surface area contributed by atoms with Gasteiger partial charge < -0.3 is 10.2 Å². The fraction of sp³-hybridized carbons (Fsp3) is 0.440. The van der Waals surface area contributed by atoms with Crippen molar-refractivity contribution in [3.05, 3.63) is 64.6 Å². The van der Waals surface area contributed by atoms with Crippen LogP contribution in [0.3, 0.4) is 0 Å². The molecule has 2 aromatic rings. The maximum absolute atomic E-state index is 13.6. The van der Waals surface area contributed by atoms with Gasteiger partial charge in [-0.2, -0.15) is 0 Å². The molecule has 1 unspecified atom stereocenters. The first-order valence-electron chi connectivity index (χ1n) is 11.6. The van der Waals surface area contributed by atoms with E-state index in [2.05, 4.69) is 21.2 Å². The topological polar surface area (TPSA) is 86.8 Å². The summed E-state index contributed by atoms with van der Waals surface area (Å²) in [6.07, 6.45) is 5.56. The van der Waals surface area contributed by atoms with Gasteiger partial charge in [-0.15, -0.1) is 0 Å². The Hall–Kier alpha value is -2.39. The van der Waals surface area contributed by atoms with E-state index in [0.717, 1.165) is 41.8 Å². The van der Waals surface area contributed by atoms with Crippen molar-refractivity contribution in [2.24, 2.45) is 0 Å². The number of anilines is 1. The van der Waals surface area contributed by atoms with Crippen molar-refractivity contribution in [2.45, 2.75) is 57.7 Å². The third-order valence-corrected chi connectivity index (χ3v) is 7.69. The zero-order valence-corrected chi connectivity index (χ0v) is 22.0. The molecule has 0 aromatic heterocycles. The highest BCUT2D eigenvalue weighted by atomic mass is 79.9. The van der Waals surface area contributed by atoms with Gasteiger partial charge in [-0.25, -0.2) is 8.42 Å². The Morgan fingerprint density at radius 1 is 1.09 bits per heavy atom. The summed E-state index contributed by atoms with van der Waals surface area (Å²) in [6.45, 7) is 1.69. The molecule has 3 rings (SSSR count). The summed E-state index contributed by atoms with van der Waals surface area (Å²) in [5.74, 6) is -0.616. The smallest absolute Gasteiger partial charge is 0.244 e. The number of sulfonamides is 1. The predicted octanol–water partition coefficient (Wildman–Crippen LogP) is 4.08. The summed E-state index contributed by atoms with van der Waals surface area (Å²) < 4.78 is 27.0. The number of halogens is 1. The summed E-state index contributed by atoms with van der Waals surface area (Å²) in [4.78, 5) is 28.4. The van der Waals surface area contributed by atoms with Crippen LogP contribution in [0.15, 0.2) is 59.1 Å². The second-order valence-electron chi connectivity index (χ2n) is 8.67. The minimum Gasteiger partial charge on any atom is -0.352 e. The van der Waals surface area contributed by atoms with Crippen molar-refractivity contribution in [1.29, 1.82) is 0 Å². The van der Waals surface area contributed by atoms with E-state index in [1.807, 2.05) is 37.3 Å². The molecule has 0 heterocycles. The SMILES string of the molecule is CCC(C(=O)NC1CCCC1)N(Cc1ccccc1)C(=O)CN(c1cccc(Br)c1)S(C)(=O)=O. The number of amides is 2. The predicted molar refractivity (Wildman–Crippen MR) is 138 cm³/mol. The van der Waals surface area contributed by atoms with Crippen LogP contribution in [0.2, 0.25) is 0 Å². The second-order valence-corrected chi connectivity index (χ2v) is 11.5. The number of hydrogen-bond acceptors (Lipinski definition) is 4. The molecule has 7 nitrogen and oxygen atoms in total. The Balaban J connectivity index is 1.90. The van der Waals surface area contributed by atoms with Crippen molar-refractivity contribution in [3.8, 4) is 0 Å². The molecule has 0 radical (unpaired) electrons. The summed E-state index contributed by atoms with van der Waals surface area (Å²) in [7, 11) is -3.74. The van der Waals surface area contributed by atoms with Crippen molar-refractivity contribution in [3.63, 3.8) is 0 Å². The molecule has 1 atom stereocenters. The number of nitrogens with zero attached hydrogens (tertiary/aromatic N) is 2. The van der Waals surface area contributed by atoms with Crippen molar-refractivity contribution in [2.75, 3.05) is 17.1 Å². The average molecular weight is 551 g/mol. The molecule has 0 saturated heterocycles. The Morgan fingerprint density at radius 3 is 2.35 bits per heavy atom. The minimum absolute atomic E-state index is 0.129. The van der Waals surface area contributed by atoms with Crippen LogP contribution >= 0.6 is 15.9 Å². The largest absolute Gasteiger partial charge is 0.352 e. The molecule has 1 aliphatic carbocycles. The van der Waals surface area contributed by atoms with Crippen molar-refractivity contribution >= 4 is 43.5 Å². The first-order chi connectivity index (χ1) is 16.2. The Morgan fingerprint density at radius 2 is 1.76 bits per heavy atom. The van der Waals surface area contributed by atoms with Gasteiger partial charge >= 0.3 is 0 Å². The first-order valence-corrected chi connectivity index (χ1v) is 14.2. The number of rotatable bonds is 10. The van der Waals surface area contributed by atoms with E-state index in [9.17, 15) is 18.0 Å². The monoisotopic (exact) mass is 549 g/mol. The molecule has 1 aliphatic rings. The highest BCUT2D eigenvalue weighted by Gasteiger charge is 2.33. The molecular weight excluding hydrogens is 518 g/mol. The van der Waals surface area contributed by atoms with Crippen LogP contribution in [-0.2, 0) is 26.2 Å². The fourth-order valence-electron chi connectivity index (χ4n) is 4.31. The molecule has 34 heavy (non-hydrogen) atoms. The van der Waals surface area contributed by atoms with E-state index in [1.54, 1.807) is 24.3 Å². The quantitative estimate of drug-likeness (QED) is 0.483. The highest BCUT2D eigenvalue weighted by Crippen LogP contribution is 2.24. The van der Waals surface area contributed by atoms with Crippen LogP contribution in [0.5, 0.6) is 0 Å². The van der Waals surface area contributed by atoms with Gasteiger partial charge in [0.05, 0.1) is 11.9 Å². The van der Waals surface area contributed by atoms with E-state index in [4.69, 9.17) is 0 Å². The lowest BCUT2D eigenvalue weighted by molar-refractivity contribution is -0.140. The normalized spacial score (nSPS) is 15.0. The molecule has 9 heteroatoms. The second kappa shape index (κ2) is 11.8. The minimum atomic E-state index is -3.74. The molecule has 2 aromatic carbocycles. The number of benzene rings is 2. The molecule has 0 aliphatic heterocycles. The molecule has 1 fully saturated rings. The van der Waals surface area contributed by atoms with Crippen LogP contribution in [0.1, 0.15) is 44.6 Å². The van der Waals surface area contributed by atoms with Crippen LogP contribution in [0.4, 0.5) is 5.69 Å². The number of carbonyl (C=O) groups excluding carboxylic acids is 2. The highest BCUT2D eigenvalue weighted by molar-refractivity contribution is 9.10. The summed E-state index contributed by atoms with van der Waals surface area (Å²) in [5, 5.41) is 3.10. The lowest BCUT2D eigenvalue weighted by Crippen LogP contribution is -2.53. The molecule has 1 saturated carbocycles. The van der Waals surface area contributed by atoms with Crippen LogP contribution in [0, 0.1) is 0 Å². The molecule has 0 spiro atoms. The summed E-state index contributed by atoms with van der Waals surface area (Å²) in [5.41, 5.74) is 1.25. The molecule has 2 amide bonds. The van der Waals surface area contributed by atoms with Gasteiger partial charge in [0.15, 0.2) is 0 Å². The summed E-state index contributed by atoms with van der Waals surface area (Å²) in [6, 6.07) is 15.7. The van der Waals surface area contributed by atoms with Gasteiger partial charge in [-0.3, -0.25) is 13.9 Å². The zero-order valence-electron chi connectivity index (χ0n) is 19.6. The van der Waals surface area contributed by atoms with E-state index in [-0.39, 0.29) is 18.5 Å². The Bertz CT molecular complexity index is 1090. The molecular formula is C25H32BrN3O4S. The van der Waals surface area contributed by atoms with Gasteiger partial charge in [0.2, 0.25) is 21.8 Å². The van der Waals surface area contributed by atoms with Crippen molar-refractivity contribution in [1.82, 2.24) is 10.2 Å². The lowest BCUT2D eigenvalue weighted by Gasteiger charge is -2.33. The third kappa shape index (κ3) is 7.06. The van der Waals surface area contributed by atoms with Gasteiger partial charge in [-0.1, -0.05) is 72.1 Å². The van der Waals surface area contributed by atoms with Gasteiger partial charge in [-0.05, 0) is 43.0 Å². The number of hydrogen-bond donors (Lipinski definition) is 1. The van der Waals surface area contributed by atoms with E-state index in [1.165, 1.54) is 4.90 Å². The van der Waals surface area contributed by atoms with E-state index >= 15 is 0 Å². The molecule has 0 bridgehead atoms. The van der Waals surface area contributed by atoms with Crippen LogP contribution < -0.4 is 9.62 Å². The Labute approximate surface area is 210 Å².